The van der Waals surface area contributed by atoms with Crippen LogP contribution in [0.25, 0.3) is 5.82 Å². The van der Waals surface area contributed by atoms with Crippen LogP contribution in [-0.2, 0) is 17.8 Å². The maximum Gasteiger partial charge on any atom is 0.236 e. The molecule has 5 rings (SSSR count). The van der Waals surface area contributed by atoms with Crippen LogP contribution in [0.4, 0.5) is 5.82 Å². The first-order valence-electron chi connectivity index (χ1n) is 11.4. The molecule has 9 nitrogen and oxygen atoms in total. The molecule has 1 saturated carbocycles. The van der Waals surface area contributed by atoms with Crippen molar-refractivity contribution >= 4 is 11.7 Å². The number of hydrogen-bond donors (Lipinski definition) is 0. The molecule has 2 aliphatic heterocycles. The molecule has 2 aromatic rings. The molecule has 1 saturated heterocycles. The van der Waals surface area contributed by atoms with E-state index in [1.54, 1.807) is 0 Å². The minimum Gasteiger partial charge on any atom is -0.361 e. The molecule has 4 heterocycles. The second kappa shape index (κ2) is 8.55. The van der Waals surface area contributed by atoms with Gasteiger partial charge in [0.05, 0.1) is 12.2 Å². The summed E-state index contributed by atoms with van der Waals surface area (Å²) in [4.78, 5) is 21.7. The summed E-state index contributed by atoms with van der Waals surface area (Å²) in [6.45, 7) is 5.91. The summed E-state index contributed by atoms with van der Waals surface area (Å²) in [5.41, 5.74) is 2.27. The van der Waals surface area contributed by atoms with Crippen LogP contribution in [0.15, 0.2) is 18.3 Å². The van der Waals surface area contributed by atoms with E-state index in [4.69, 9.17) is 5.10 Å². The summed E-state index contributed by atoms with van der Waals surface area (Å²) >= 11 is 0. The van der Waals surface area contributed by atoms with Gasteiger partial charge in [0.2, 0.25) is 5.91 Å². The third-order valence-electron chi connectivity index (χ3n) is 6.88. The lowest BCUT2D eigenvalue weighted by molar-refractivity contribution is -0.135. The van der Waals surface area contributed by atoms with Crippen molar-refractivity contribution in [1.82, 2.24) is 34.7 Å². The summed E-state index contributed by atoms with van der Waals surface area (Å²) in [6, 6.07) is 4.65. The van der Waals surface area contributed by atoms with Crippen molar-refractivity contribution in [3.63, 3.8) is 0 Å². The average molecular weight is 425 g/mol. The lowest BCUT2D eigenvalue weighted by atomic mass is 9.91. The van der Waals surface area contributed by atoms with Crippen molar-refractivity contribution in [3.05, 3.63) is 29.6 Å². The highest BCUT2D eigenvalue weighted by Crippen LogP contribution is 2.25. The summed E-state index contributed by atoms with van der Waals surface area (Å²) in [6.07, 6.45) is 6.93. The molecule has 2 aromatic heterocycles. The van der Waals surface area contributed by atoms with Crippen LogP contribution in [0.3, 0.4) is 0 Å². The average Bonchev–Trinajstić information content (AvgIpc) is 3.16. The maximum atomic E-state index is 12.9. The van der Waals surface area contributed by atoms with Crippen molar-refractivity contribution in [1.29, 1.82) is 0 Å². The summed E-state index contributed by atoms with van der Waals surface area (Å²) in [7, 11) is 3.89. The highest BCUT2D eigenvalue weighted by atomic mass is 16.2. The predicted octanol–water partition coefficient (Wildman–Crippen LogP) is 0.783. The fourth-order valence-electron chi connectivity index (χ4n) is 4.68. The number of carbonyl (C=O) groups is 1. The molecule has 0 atom stereocenters. The molecule has 0 bridgehead atoms. The highest BCUT2D eigenvalue weighted by Gasteiger charge is 2.30. The predicted molar refractivity (Wildman–Crippen MR) is 118 cm³/mol. The molecule has 3 aliphatic rings. The van der Waals surface area contributed by atoms with Gasteiger partial charge in [-0.3, -0.25) is 14.6 Å². The zero-order valence-corrected chi connectivity index (χ0v) is 18.6. The van der Waals surface area contributed by atoms with E-state index < -0.39 is 0 Å². The monoisotopic (exact) mass is 424 g/mol. The number of hydrogen-bond acceptors (Lipinski definition) is 7. The van der Waals surface area contributed by atoms with E-state index in [0.717, 1.165) is 63.2 Å². The molecule has 0 spiro atoms. The van der Waals surface area contributed by atoms with Crippen molar-refractivity contribution in [2.24, 2.45) is 0 Å². The van der Waals surface area contributed by atoms with Crippen molar-refractivity contribution in [2.75, 3.05) is 58.3 Å². The van der Waals surface area contributed by atoms with Crippen molar-refractivity contribution in [3.8, 4) is 5.82 Å². The van der Waals surface area contributed by atoms with Gasteiger partial charge in [-0.15, -0.1) is 10.2 Å². The van der Waals surface area contributed by atoms with Gasteiger partial charge in [0, 0.05) is 77.6 Å². The van der Waals surface area contributed by atoms with Gasteiger partial charge in [-0.25, -0.2) is 4.68 Å². The van der Waals surface area contributed by atoms with E-state index in [-0.39, 0.29) is 5.91 Å². The number of carbonyl (C=O) groups excluding carboxylic acids is 1. The number of aromatic nitrogens is 4. The van der Waals surface area contributed by atoms with Gasteiger partial charge in [0.25, 0.3) is 0 Å². The Labute approximate surface area is 183 Å². The van der Waals surface area contributed by atoms with Gasteiger partial charge in [0.15, 0.2) is 11.6 Å². The molecule has 2 fully saturated rings. The van der Waals surface area contributed by atoms with Gasteiger partial charge in [-0.1, -0.05) is 6.42 Å². The normalized spacial score (nSPS) is 20.4. The molecule has 9 heteroatoms. The fraction of sp³-hybridized carbons (Fsp3) is 0.636. The Morgan fingerprint density at radius 1 is 1.10 bits per heavy atom. The zero-order valence-electron chi connectivity index (χ0n) is 18.6. The molecular weight excluding hydrogens is 392 g/mol. The first-order valence-corrected chi connectivity index (χ1v) is 11.4. The Bertz CT molecular complexity index is 912. The zero-order chi connectivity index (χ0) is 21.4. The van der Waals surface area contributed by atoms with E-state index in [1.807, 2.05) is 42.0 Å². The lowest BCUT2D eigenvalue weighted by Crippen LogP contribution is -2.55. The molecule has 0 aromatic carbocycles. The van der Waals surface area contributed by atoms with Crippen LogP contribution < -0.4 is 4.90 Å². The second-order valence-corrected chi connectivity index (χ2v) is 9.15. The molecule has 0 radical (unpaired) electrons. The second-order valence-electron chi connectivity index (χ2n) is 9.15. The Morgan fingerprint density at radius 3 is 2.55 bits per heavy atom. The van der Waals surface area contributed by atoms with Gasteiger partial charge in [-0.05, 0) is 25.0 Å². The first kappa shape index (κ1) is 20.4. The SMILES string of the molecule is CN(C)c1ccc(-n2cc3c(n2)CCN(CC(=O)N2CCN(C4CCC4)CC2)C3)nn1. The van der Waals surface area contributed by atoms with Crippen molar-refractivity contribution < 1.29 is 4.79 Å². The number of fused-ring (bicyclic) bond motifs is 1. The molecule has 0 unspecified atom stereocenters. The minimum atomic E-state index is 0.259. The highest BCUT2D eigenvalue weighted by molar-refractivity contribution is 5.78. The standard InChI is InChI=1S/C22H32N8O/c1-26(2)20-6-7-21(24-23-20)30-15-17-14-27(9-8-19(17)25-30)16-22(31)29-12-10-28(11-13-29)18-4-3-5-18/h6-7,15,18H,3-5,8-14,16H2,1-2H3. The summed E-state index contributed by atoms with van der Waals surface area (Å²) < 4.78 is 1.81. The van der Waals surface area contributed by atoms with E-state index >= 15 is 0 Å². The van der Waals surface area contributed by atoms with Crippen LogP contribution in [0.1, 0.15) is 30.5 Å². The molecule has 1 amide bonds. The van der Waals surface area contributed by atoms with Crippen LogP contribution in [0, 0.1) is 0 Å². The third-order valence-corrected chi connectivity index (χ3v) is 6.88. The Hall–Kier alpha value is -2.52. The number of rotatable bonds is 5. The Balaban J connectivity index is 1.17. The largest absolute Gasteiger partial charge is 0.361 e. The van der Waals surface area contributed by atoms with Gasteiger partial charge >= 0.3 is 0 Å². The van der Waals surface area contributed by atoms with E-state index in [9.17, 15) is 4.79 Å². The number of nitrogens with zero attached hydrogens (tertiary/aromatic N) is 8. The van der Waals surface area contributed by atoms with Crippen molar-refractivity contribution in [2.45, 2.75) is 38.3 Å². The van der Waals surface area contributed by atoms with Crippen LogP contribution >= 0.6 is 0 Å². The Kier molecular flexibility index (Phi) is 5.62. The van der Waals surface area contributed by atoms with Crippen LogP contribution in [0.5, 0.6) is 0 Å². The van der Waals surface area contributed by atoms with E-state index in [2.05, 4.69) is 24.9 Å². The topological polar surface area (TPSA) is 73.6 Å². The molecule has 0 N–H and O–H groups in total. The third kappa shape index (κ3) is 4.29. The first-order chi connectivity index (χ1) is 15.1. The number of anilines is 1. The van der Waals surface area contributed by atoms with Crippen LogP contribution in [-0.4, -0.2) is 100.0 Å². The fourth-order valence-corrected chi connectivity index (χ4v) is 4.68. The summed E-state index contributed by atoms with van der Waals surface area (Å²) in [5, 5.41) is 13.3. The van der Waals surface area contributed by atoms with E-state index in [1.165, 1.54) is 24.8 Å². The minimum absolute atomic E-state index is 0.259. The molecule has 1 aliphatic carbocycles. The lowest BCUT2D eigenvalue weighted by Gasteiger charge is -2.43. The Morgan fingerprint density at radius 2 is 1.90 bits per heavy atom. The van der Waals surface area contributed by atoms with Gasteiger partial charge < -0.3 is 9.80 Å². The maximum absolute atomic E-state index is 12.9. The molecule has 166 valence electrons. The molecular formula is C22H32N8O. The number of piperazine rings is 1. The van der Waals surface area contributed by atoms with Gasteiger partial charge in [0.1, 0.15) is 0 Å². The van der Waals surface area contributed by atoms with E-state index in [0.29, 0.717) is 12.4 Å². The number of amides is 1. The molecule has 31 heavy (non-hydrogen) atoms. The van der Waals surface area contributed by atoms with Gasteiger partial charge in [-0.2, -0.15) is 5.10 Å². The van der Waals surface area contributed by atoms with Crippen LogP contribution in [0.2, 0.25) is 0 Å². The summed E-state index contributed by atoms with van der Waals surface area (Å²) in [5.74, 6) is 1.79. The smallest absolute Gasteiger partial charge is 0.236 e. The quantitative estimate of drug-likeness (QED) is 0.702.